The molecule has 1 aliphatic rings. The van der Waals surface area contributed by atoms with Crippen LogP contribution in [0.5, 0.6) is 0 Å². The van der Waals surface area contributed by atoms with Crippen molar-refractivity contribution in [2.24, 2.45) is 5.92 Å². The summed E-state index contributed by atoms with van der Waals surface area (Å²) in [5.74, 6) is 0.828. The topological polar surface area (TPSA) is 37.8 Å². The lowest BCUT2D eigenvalue weighted by atomic mass is 10.0. The number of nitrogens with one attached hydrogen (secondary N) is 1. The van der Waals surface area contributed by atoms with Crippen LogP contribution in [-0.2, 0) is 0 Å². The Bertz CT molecular complexity index is 339. The van der Waals surface area contributed by atoms with Crippen molar-refractivity contribution in [3.05, 3.63) is 22.9 Å². The van der Waals surface area contributed by atoms with Gasteiger partial charge in [0.1, 0.15) is 0 Å². The van der Waals surface area contributed by atoms with Crippen molar-refractivity contribution in [3.63, 3.8) is 0 Å². The smallest absolute Gasteiger partial charge is 0.313 e. The minimum absolute atomic E-state index is 0.0459. The van der Waals surface area contributed by atoms with Gasteiger partial charge in [0.25, 0.3) is 0 Å². The van der Waals surface area contributed by atoms with E-state index in [2.05, 4.69) is 11.9 Å². The van der Waals surface area contributed by atoms with Crippen LogP contribution in [0.15, 0.2) is 17.2 Å². The highest BCUT2D eigenvalue weighted by Gasteiger charge is 2.18. The zero-order valence-electron chi connectivity index (χ0n) is 8.70. The van der Waals surface area contributed by atoms with Gasteiger partial charge >= 0.3 is 5.69 Å². The number of rotatable bonds is 1. The highest BCUT2D eigenvalue weighted by molar-refractivity contribution is 4.83. The molecule has 0 bridgehead atoms. The Kier molecular flexibility index (Phi) is 2.75. The summed E-state index contributed by atoms with van der Waals surface area (Å²) in [7, 11) is 0. The van der Waals surface area contributed by atoms with E-state index in [-0.39, 0.29) is 5.69 Å². The number of H-pyrrole nitrogens is 1. The molecule has 0 amide bonds. The second-order valence-corrected chi connectivity index (χ2v) is 4.44. The first-order chi connectivity index (χ1) is 6.77. The molecule has 0 spiro atoms. The molecule has 1 aliphatic carbocycles. The molecule has 0 saturated heterocycles. The third-order valence-electron chi connectivity index (χ3n) is 3.30. The summed E-state index contributed by atoms with van der Waals surface area (Å²) in [6.45, 7) is 2.31. The highest BCUT2D eigenvalue weighted by Crippen LogP contribution is 2.29. The lowest BCUT2D eigenvalue weighted by Gasteiger charge is -2.14. The molecule has 2 unspecified atom stereocenters. The molecule has 1 N–H and O–H groups in total. The zero-order valence-corrected chi connectivity index (χ0v) is 8.70. The largest absolute Gasteiger partial charge is 0.325 e. The third kappa shape index (κ3) is 1.91. The quantitative estimate of drug-likeness (QED) is 0.684. The molecule has 1 heterocycles. The minimum atomic E-state index is 0.0459. The van der Waals surface area contributed by atoms with E-state index in [1.807, 2.05) is 10.8 Å². The summed E-state index contributed by atoms with van der Waals surface area (Å²) in [5.41, 5.74) is 0.0459. The highest BCUT2D eigenvalue weighted by atomic mass is 16.1. The van der Waals surface area contributed by atoms with E-state index in [1.54, 1.807) is 6.20 Å². The predicted octanol–water partition coefficient (Wildman–Crippen LogP) is 2.32. The van der Waals surface area contributed by atoms with E-state index >= 15 is 0 Å². The molecule has 0 aliphatic heterocycles. The van der Waals surface area contributed by atoms with Crippen LogP contribution in [0.2, 0.25) is 0 Å². The van der Waals surface area contributed by atoms with Crippen LogP contribution in [0.3, 0.4) is 0 Å². The molecule has 0 aromatic carbocycles. The molecule has 1 saturated carbocycles. The summed E-state index contributed by atoms with van der Waals surface area (Å²) in [6.07, 6.45) is 9.74. The molecular weight excluding hydrogens is 176 g/mol. The molecule has 78 valence electrons. The normalized spacial score (nSPS) is 28.6. The number of hydrogen-bond acceptors (Lipinski definition) is 1. The average molecular weight is 194 g/mol. The van der Waals surface area contributed by atoms with Gasteiger partial charge in [0, 0.05) is 18.4 Å². The van der Waals surface area contributed by atoms with Crippen molar-refractivity contribution >= 4 is 0 Å². The first-order valence-corrected chi connectivity index (χ1v) is 5.53. The van der Waals surface area contributed by atoms with Crippen molar-refractivity contribution < 1.29 is 0 Å². The van der Waals surface area contributed by atoms with Crippen LogP contribution in [-0.4, -0.2) is 9.55 Å². The summed E-state index contributed by atoms with van der Waals surface area (Å²) >= 11 is 0. The van der Waals surface area contributed by atoms with Crippen LogP contribution >= 0.6 is 0 Å². The molecule has 1 aromatic rings. The maximum atomic E-state index is 11.4. The lowest BCUT2D eigenvalue weighted by Crippen LogP contribution is -2.21. The van der Waals surface area contributed by atoms with Crippen LogP contribution in [0.4, 0.5) is 0 Å². The first kappa shape index (κ1) is 9.56. The molecular formula is C11H18N2O. The summed E-state index contributed by atoms with van der Waals surface area (Å²) in [4.78, 5) is 14.1. The predicted molar refractivity (Wildman–Crippen MR) is 56.3 cm³/mol. The summed E-state index contributed by atoms with van der Waals surface area (Å²) in [6, 6.07) is 0.429. The van der Waals surface area contributed by atoms with Gasteiger partial charge in [0.05, 0.1) is 0 Å². The fourth-order valence-corrected chi connectivity index (χ4v) is 2.36. The molecule has 3 nitrogen and oxygen atoms in total. The zero-order chi connectivity index (χ0) is 9.97. The molecule has 3 heteroatoms. The maximum absolute atomic E-state index is 11.4. The summed E-state index contributed by atoms with van der Waals surface area (Å²) < 4.78 is 1.86. The maximum Gasteiger partial charge on any atom is 0.325 e. The van der Waals surface area contributed by atoms with Gasteiger partial charge in [-0.05, 0) is 25.2 Å². The monoisotopic (exact) mass is 194 g/mol. The number of hydrogen-bond donors (Lipinski definition) is 1. The summed E-state index contributed by atoms with van der Waals surface area (Å²) in [5, 5.41) is 0. The number of aromatic amines is 1. The molecule has 2 atom stereocenters. The SMILES string of the molecule is CC1CCCC(n2cc[nH]c2=O)CC1. The first-order valence-electron chi connectivity index (χ1n) is 5.53. The standard InChI is InChI=1S/C11H18N2O/c1-9-3-2-4-10(6-5-9)13-8-7-12-11(13)14/h7-10H,2-6H2,1H3,(H,12,14). The Hall–Kier alpha value is -0.990. The fraction of sp³-hybridized carbons (Fsp3) is 0.727. The molecule has 0 radical (unpaired) electrons. The fourth-order valence-electron chi connectivity index (χ4n) is 2.36. The van der Waals surface area contributed by atoms with Gasteiger partial charge < -0.3 is 4.98 Å². The van der Waals surface area contributed by atoms with E-state index in [4.69, 9.17) is 0 Å². The number of imidazole rings is 1. The van der Waals surface area contributed by atoms with E-state index in [1.165, 1.54) is 19.3 Å². The van der Waals surface area contributed by atoms with Crippen molar-refractivity contribution in [2.45, 2.75) is 45.1 Å². The van der Waals surface area contributed by atoms with E-state index in [0.29, 0.717) is 6.04 Å². The molecule has 2 rings (SSSR count). The average Bonchev–Trinajstić information content (AvgIpc) is 2.46. The Morgan fingerprint density at radius 3 is 2.93 bits per heavy atom. The lowest BCUT2D eigenvalue weighted by molar-refractivity contribution is 0.424. The third-order valence-corrected chi connectivity index (χ3v) is 3.30. The Morgan fingerprint density at radius 2 is 2.21 bits per heavy atom. The Morgan fingerprint density at radius 1 is 1.36 bits per heavy atom. The van der Waals surface area contributed by atoms with Gasteiger partial charge in [0.15, 0.2) is 0 Å². The molecule has 14 heavy (non-hydrogen) atoms. The van der Waals surface area contributed by atoms with Crippen LogP contribution in [0.25, 0.3) is 0 Å². The van der Waals surface area contributed by atoms with E-state index in [0.717, 1.165) is 18.8 Å². The van der Waals surface area contributed by atoms with Crippen molar-refractivity contribution in [3.8, 4) is 0 Å². The second kappa shape index (κ2) is 4.03. The van der Waals surface area contributed by atoms with Crippen molar-refractivity contribution in [2.75, 3.05) is 0 Å². The van der Waals surface area contributed by atoms with Crippen molar-refractivity contribution in [1.82, 2.24) is 9.55 Å². The van der Waals surface area contributed by atoms with Crippen molar-refractivity contribution in [1.29, 1.82) is 0 Å². The number of aromatic nitrogens is 2. The van der Waals surface area contributed by atoms with Gasteiger partial charge in [-0.3, -0.25) is 4.57 Å². The van der Waals surface area contributed by atoms with Gasteiger partial charge in [-0.1, -0.05) is 19.8 Å². The van der Waals surface area contributed by atoms with Gasteiger partial charge in [-0.2, -0.15) is 0 Å². The van der Waals surface area contributed by atoms with Crippen LogP contribution < -0.4 is 5.69 Å². The van der Waals surface area contributed by atoms with E-state index < -0.39 is 0 Å². The van der Waals surface area contributed by atoms with Gasteiger partial charge in [-0.25, -0.2) is 4.79 Å². The van der Waals surface area contributed by atoms with Gasteiger partial charge in [0.2, 0.25) is 0 Å². The minimum Gasteiger partial charge on any atom is -0.313 e. The van der Waals surface area contributed by atoms with Crippen LogP contribution in [0, 0.1) is 5.92 Å². The Balaban J connectivity index is 2.11. The Labute approximate surface area is 84.1 Å². The molecule has 1 aromatic heterocycles. The van der Waals surface area contributed by atoms with Crippen LogP contribution in [0.1, 0.15) is 45.1 Å². The second-order valence-electron chi connectivity index (χ2n) is 4.44. The number of nitrogens with zero attached hydrogens (tertiary/aromatic N) is 1. The van der Waals surface area contributed by atoms with E-state index in [9.17, 15) is 4.79 Å². The molecule has 1 fully saturated rings. The van der Waals surface area contributed by atoms with Gasteiger partial charge in [-0.15, -0.1) is 0 Å².